The van der Waals surface area contributed by atoms with Gasteiger partial charge in [-0.3, -0.25) is 11.5 Å². The van der Waals surface area contributed by atoms with Crippen molar-refractivity contribution in [3.63, 3.8) is 0 Å². The summed E-state index contributed by atoms with van der Waals surface area (Å²) in [5, 5.41) is 0. The van der Waals surface area contributed by atoms with Crippen molar-refractivity contribution in [2.75, 3.05) is 26.4 Å². The molecule has 0 unspecified atom stereocenters. The summed E-state index contributed by atoms with van der Waals surface area (Å²) in [4.78, 5) is 10.7. The summed E-state index contributed by atoms with van der Waals surface area (Å²) >= 11 is 0. The van der Waals surface area contributed by atoms with E-state index in [0.29, 0.717) is 13.2 Å². The third-order valence-corrected chi connectivity index (χ3v) is 1.41. The Morgan fingerprint density at radius 2 is 2.13 bits per heavy atom. The van der Waals surface area contributed by atoms with E-state index < -0.39 is 11.8 Å². The van der Waals surface area contributed by atoms with E-state index in [9.17, 15) is 4.79 Å². The summed E-state index contributed by atoms with van der Waals surface area (Å²) in [7, 11) is 0. The molecular formula is C9H18N2O4. The van der Waals surface area contributed by atoms with Gasteiger partial charge in [0.05, 0.1) is 13.2 Å². The van der Waals surface area contributed by atoms with Crippen LogP contribution in [0.5, 0.6) is 0 Å². The molecule has 88 valence electrons. The molecule has 0 aromatic carbocycles. The van der Waals surface area contributed by atoms with Crippen LogP contribution in [0.15, 0.2) is 12.7 Å². The van der Waals surface area contributed by atoms with Gasteiger partial charge < -0.3 is 14.2 Å². The molecule has 0 spiro atoms. The van der Waals surface area contributed by atoms with Crippen LogP contribution in [0, 0.1) is 0 Å². The van der Waals surface area contributed by atoms with Gasteiger partial charge in [-0.25, -0.2) is 4.79 Å². The molecule has 0 fully saturated rings. The van der Waals surface area contributed by atoms with Gasteiger partial charge in [-0.15, -0.1) is 0 Å². The summed E-state index contributed by atoms with van der Waals surface area (Å²) in [6, 6.07) is 0. The number of nitrogens with two attached hydrogens (primary N) is 2. The second kappa shape index (κ2) is 7.36. The molecule has 0 heterocycles. The minimum atomic E-state index is -1.49. The average Bonchev–Trinajstić information content (AvgIpc) is 2.21. The van der Waals surface area contributed by atoms with Crippen molar-refractivity contribution < 1.29 is 19.0 Å². The maximum atomic E-state index is 10.7. The number of rotatable bonds is 8. The van der Waals surface area contributed by atoms with Crippen molar-refractivity contribution in [1.82, 2.24) is 0 Å². The Balaban J connectivity index is 3.66. The molecule has 0 aromatic heterocycles. The zero-order valence-electron chi connectivity index (χ0n) is 8.90. The number of hydrogen-bond acceptors (Lipinski definition) is 6. The first-order valence-corrected chi connectivity index (χ1v) is 4.60. The van der Waals surface area contributed by atoms with Crippen LogP contribution in [0.2, 0.25) is 0 Å². The highest BCUT2D eigenvalue weighted by atomic mass is 16.6. The molecule has 0 aromatic rings. The van der Waals surface area contributed by atoms with Crippen LogP contribution in [-0.2, 0) is 19.0 Å². The normalized spacial score (nSPS) is 11.1. The standard InChI is InChI=1S/C9H18N2O4/c1-3-8(12)14-7-9(10,11)15-6-5-13-4-2/h3H,1,4-7,10-11H2,2H3. The van der Waals surface area contributed by atoms with Crippen LogP contribution in [-0.4, -0.2) is 38.2 Å². The van der Waals surface area contributed by atoms with E-state index >= 15 is 0 Å². The number of carbonyl (C=O) groups is 1. The predicted octanol–water partition coefficient (Wildman–Crippen LogP) is -0.660. The molecule has 0 aliphatic carbocycles. The van der Waals surface area contributed by atoms with Crippen LogP contribution in [0.1, 0.15) is 6.92 Å². The summed E-state index contributed by atoms with van der Waals surface area (Å²) in [6.07, 6.45) is 1.02. The summed E-state index contributed by atoms with van der Waals surface area (Å²) in [5.74, 6) is -2.08. The third kappa shape index (κ3) is 8.07. The number of carbonyl (C=O) groups excluding carboxylic acids is 1. The van der Waals surface area contributed by atoms with E-state index in [1.807, 2.05) is 6.92 Å². The molecule has 0 bridgehead atoms. The van der Waals surface area contributed by atoms with Crippen molar-refractivity contribution in [3.8, 4) is 0 Å². The fraction of sp³-hybridized carbons (Fsp3) is 0.667. The molecule has 0 amide bonds. The molecule has 15 heavy (non-hydrogen) atoms. The summed E-state index contributed by atoms with van der Waals surface area (Å²) < 4.78 is 14.7. The van der Waals surface area contributed by atoms with Gasteiger partial charge in [-0.05, 0) is 6.92 Å². The van der Waals surface area contributed by atoms with Crippen molar-refractivity contribution in [2.24, 2.45) is 11.5 Å². The van der Waals surface area contributed by atoms with Gasteiger partial charge in [0.15, 0.2) is 0 Å². The van der Waals surface area contributed by atoms with Gasteiger partial charge in [0.2, 0.25) is 5.85 Å². The molecule has 0 saturated carbocycles. The van der Waals surface area contributed by atoms with Gasteiger partial charge in [-0.1, -0.05) is 6.58 Å². The topological polar surface area (TPSA) is 96.8 Å². The van der Waals surface area contributed by atoms with Crippen molar-refractivity contribution in [3.05, 3.63) is 12.7 Å². The second-order valence-corrected chi connectivity index (χ2v) is 2.81. The first-order chi connectivity index (χ1) is 7.02. The first-order valence-electron chi connectivity index (χ1n) is 4.60. The lowest BCUT2D eigenvalue weighted by atomic mass is 10.5. The number of esters is 1. The van der Waals surface area contributed by atoms with E-state index in [2.05, 4.69) is 11.3 Å². The molecule has 0 aliphatic heterocycles. The van der Waals surface area contributed by atoms with Gasteiger partial charge in [0, 0.05) is 12.7 Å². The maximum absolute atomic E-state index is 10.7. The zero-order valence-corrected chi connectivity index (χ0v) is 8.90. The quantitative estimate of drug-likeness (QED) is 0.243. The van der Waals surface area contributed by atoms with Crippen LogP contribution >= 0.6 is 0 Å². The lowest BCUT2D eigenvalue weighted by Gasteiger charge is -2.23. The highest BCUT2D eigenvalue weighted by Gasteiger charge is 2.21. The Labute approximate surface area is 89.2 Å². The molecule has 0 aliphatic rings. The lowest BCUT2D eigenvalue weighted by molar-refractivity contribution is -0.151. The minimum absolute atomic E-state index is 0.232. The van der Waals surface area contributed by atoms with Gasteiger partial charge in [-0.2, -0.15) is 0 Å². The van der Waals surface area contributed by atoms with E-state index in [1.165, 1.54) is 0 Å². The molecule has 6 nitrogen and oxygen atoms in total. The van der Waals surface area contributed by atoms with Crippen molar-refractivity contribution in [2.45, 2.75) is 12.8 Å². The van der Waals surface area contributed by atoms with Crippen molar-refractivity contribution >= 4 is 5.97 Å². The SMILES string of the molecule is C=CC(=O)OCC(N)(N)OCCOCC. The lowest BCUT2D eigenvalue weighted by Crippen LogP contribution is -2.56. The highest BCUT2D eigenvalue weighted by Crippen LogP contribution is 1.96. The number of ether oxygens (including phenoxy) is 3. The third-order valence-electron chi connectivity index (χ3n) is 1.41. The fourth-order valence-corrected chi connectivity index (χ4v) is 0.719. The molecule has 0 rings (SSSR count). The second-order valence-electron chi connectivity index (χ2n) is 2.81. The molecule has 6 heteroatoms. The maximum Gasteiger partial charge on any atom is 0.330 e. The van der Waals surface area contributed by atoms with E-state index in [0.717, 1.165) is 6.08 Å². The number of hydrogen-bond donors (Lipinski definition) is 2. The van der Waals surface area contributed by atoms with Gasteiger partial charge >= 0.3 is 5.97 Å². The summed E-state index contributed by atoms with van der Waals surface area (Å²) in [5.41, 5.74) is 11.0. The van der Waals surface area contributed by atoms with E-state index in [-0.39, 0.29) is 13.2 Å². The Morgan fingerprint density at radius 3 is 2.67 bits per heavy atom. The largest absolute Gasteiger partial charge is 0.456 e. The fourth-order valence-electron chi connectivity index (χ4n) is 0.719. The smallest absolute Gasteiger partial charge is 0.330 e. The Morgan fingerprint density at radius 1 is 1.47 bits per heavy atom. The minimum Gasteiger partial charge on any atom is -0.456 e. The van der Waals surface area contributed by atoms with Crippen LogP contribution < -0.4 is 11.5 Å². The van der Waals surface area contributed by atoms with Gasteiger partial charge in [0.1, 0.15) is 6.61 Å². The highest BCUT2D eigenvalue weighted by molar-refractivity contribution is 5.81. The van der Waals surface area contributed by atoms with Crippen LogP contribution in [0.4, 0.5) is 0 Å². The van der Waals surface area contributed by atoms with Crippen molar-refractivity contribution in [1.29, 1.82) is 0 Å². The predicted molar refractivity (Wildman–Crippen MR) is 54.7 cm³/mol. The van der Waals surface area contributed by atoms with Crippen LogP contribution in [0.3, 0.4) is 0 Å². The Hall–Kier alpha value is -0.950. The monoisotopic (exact) mass is 218 g/mol. The molecule has 4 N–H and O–H groups in total. The molecule has 0 radical (unpaired) electrons. The Kier molecular flexibility index (Phi) is 6.89. The van der Waals surface area contributed by atoms with Crippen LogP contribution in [0.25, 0.3) is 0 Å². The van der Waals surface area contributed by atoms with E-state index in [1.54, 1.807) is 0 Å². The average molecular weight is 218 g/mol. The zero-order chi connectivity index (χ0) is 11.7. The first kappa shape index (κ1) is 14.1. The molecule has 0 saturated heterocycles. The summed E-state index contributed by atoms with van der Waals surface area (Å²) in [6.45, 7) is 6.09. The Bertz CT molecular complexity index is 206. The van der Waals surface area contributed by atoms with Gasteiger partial charge in [0.25, 0.3) is 0 Å². The molecular weight excluding hydrogens is 200 g/mol. The molecule has 0 atom stereocenters. The van der Waals surface area contributed by atoms with E-state index in [4.69, 9.17) is 20.9 Å².